The van der Waals surface area contributed by atoms with E-state index in [0.29, 0.717) is 28.4 Å². The Morgan fingerprint density at radius 3 is 2.61 bits per heavy atom. The highest BCUT2D eigenvalue weighted by molar-refractivity contribution is 6.31. The summed E-state index contributed by atoms with van der Waals surface area (Å²) in [6.07, 6.45) is 2.94. The number of ether oxygens (including phenoxy) is 1. The molecule has 7 heteroatoms. The first kappa shape index (κ1) is 18.7. The zero-order valence-corrected chi connectivity index (χ0v) is 17.0. The van der Waals surface area contributed by atoms with Crippen molar-refractivity contribution in [1.29, 1.82) is 5.26 Å². The molecule has 1 aliphatic carbocycles. The molecular formula is C21H21ClN4O2. The Labute approximate surface area is 169 Å². The van der Waals surface area contributed by atoms with Gasteiger partial charge in [-0.15, -0.1) is 0 Å². The van der Waals surface area contributed by atoms with Gasteiger partial charge in [-0.1, -0.05) is 39.3 Å². The average molecular weight is 397 g/mol. The molecule has 1 aromatic carbocycles. The number of aromatic nitrogens is 2. The van der Waals surface area contributed by atoms with Crippen LogP contribution in [0.2, 0.25) is 5.02 Å². The molecule has 0 unspecified atom stereocenters. The molecule has 0 atom stereocenters. The van der Waals surface area contributed by atoms with Crippen LogP contribution in [0.4, 0.5) is 0 Å². The van der Waals surface area contributed by atoms with E-state index in [1.165, 1.54) is 6.33 Å². The number of hydrogen-bond donors (Lipinski definition) is 0. The lowest BCUT2D eigenvalue weighted by molar-refractivity contribution is -0.199. The van der Waals surface area contributed by atoms with Crippen LogP contribution in [0.15, 0.2) is 30.7 Å². The third-order valence-electron chi connectivity index (χ3n) is 5.99. The average Bonchev–Trinajstić information content (AvgIpc) is 2.95. The molecule has 2 heterocycles. The highest BCUT2D eigenvalue weighted by Crippen LogP contribution is 2.58. The van der Waals surface area contributed by atoms with Crippen LogP contribution in [0.1, 0.15) is 49.3 Å². The number of nitriles is 1. The number of fused-ring (bicyclic) bond motifs is 1. The molecule has 1 aromatic heterocycles. The fourth-order valence-corrected chi connectivity index (χ4v) is 5.48. The topological polar surface area (TPSA) is 79.1 Å². The van der Waals surface area contributed by atoms with Gasteiger partial charge in [-0.2, -0.15) is 5.26 Å². The molecule has 144 valence electrons. The summed E-state index contributed by atoms with van der Waals surface area (Å²) >= 11 is 6.15. The molecule has 2 aromatic rings. The SMILES string of the molecule is CC1(C)[C@H](Oc2ccc(C#N)c(Cl)c2)C(C)(C)[C@H]1N1Cc2ncncc2C1=O. The monoisotopic (exact) mass is 396 g/mol. The van der Waals surface area contributed by atoms with Gasteiger partial charge >= 0.3 is 0 Å². The van der Waals surface area contributed by atoms with Crippen molar-refractivity contribution < 1.29 is 9.53 Å². The smallest absolute Gasteiger partial charge is 0.257 e. The number of benzene rings is 1. The second-order valence-corrected chi connectivity index (χ2v) is 9.02. The van der Waals surface area contributed by atoms with Crippen molar-refractivity contribution in [2.75, 3.05) is 0 Å². The lowest BCUT2D eigenvalue weighted by atomic mass is 9.49. The molecule has 1 saturated carbocycles. The van der Waals surface area contributed by atoms with Crippen LogP contribution in [-0.2, 0) is 6.54 Å². The third kappa shape index (κ3) is 2.57. The molecule has 0 bridgehead atoms. The van der Waals surface area contributed by atoms with Crippen molar-refractivity contribution in [3.05, 3.63) is 52.6 Å². The van der Waals surface area contributed by atoms with Gasteiger partial charge in [0.25, 0.3) is 5.91 Å². The molecule has 1 fully saturated rings. The zero-order chi connectivity index (χ0) is 20.3. The molecule has 0 spiro atoms. The summed E-state index contributed by atoms with van der Waals surface area (Å²) in [6.45, 7) is 8.94. The first-order valence-electron chi connectivity index (χ1n) is 9.14. The summed E-state index contributed by atoms with van der Waals surface area (Å²) in [7, 11) is 0. The normalized spacial score (nSPS) is 24.3. The second kappa shape index (κ2) is 6.18. The van der Waals surface area contributed by atoms with Crippen LogP contribution in [0, 0.1) is 22.2 Å². The fourth-order valence-electron chi connectivity index (χ4n) is 5.27. The fraction of sp³-hybridized carbons (Fsp3) is 0.429. The van der Waals surface area contributed by atoms with E-state index in [4.69, 9.17) is 21.6 Å². The van der Waals surface area contributed by atoms with Gasteiger partial charge in [0.05, 0.1) is 28.4 Å². The van der Waals surface area contributed by atoms with Crippen LogP contribution >= 0.6 is 11.6 Å². The molecule has 4 rings (SSSR count). The van der Waals surface area contributed by atoms with E-state index in [-0.39, 0.29) is 28.9 Å². The standard InChI is InChI=1S/C21H21ClN4O2/c1-20(2)18(26-10-16-14(17(26)27)9-24-11-25-16)21(3,4)19(20)28-13-6-5-12(8-23)15(22)7-13/h5-7,9,11,18-19H,10H2,1-4H3/t18-,19-. The minimum atomic E-state index is -0.283. The molecule has 0 saturated heterocycles. The molecular weight excluding hydrogens is 376 g/mol. The Morgan fingerprint density at radius 1 is 1.29 bits per heavy atom. The van der Waals surface area contributed by atoms with Crippen molar-refractivity contribution in [2.45, 2.75) is 46.4 Å². The molecule has 1 aliphatic heterocycles. The van der Waals surface area contributed by atoms with Crippen molar-refractivity contribution in [3.8, 4) is 11.8 Å². The summed E-state index contributed by atoms with van der Waals surface area (Å²) in [4.78, 5) is 23.1. The third-order valence-corrected chi connectivity index (χ3v) is 6.31. The van der Waals surface area contributed by atoms with Gasteiger partial charge in [-0.3, -0.25) is 4.79 Å². The molecule has 1 amide bonds. The lowest BCUT2D eigenvalue weighted by Gasteiger charge is -2.65. The van der Waals surface area contributed by atoms with E-state index in [0.717, 1.165) is 5.69 Å². The first-order valence-corrected chi connectivity index (χ1v) is 9.52. The van der Waals surface area contributed by atoms with Crippen molar-refractivity contribution in [1.82, 2.24) is 14.9 Å². The van der Waals surface area contributed by atoms with Crippen LogP contribution < -0.4 is 4.74 Å². The van der Waals surface area contributed by atoms with E-state index in [1.54, 1.807) is 24.4 Å². The summed E-state index contributed by atoms with van der Waals surface area (Å²) in [5.41, 5.74) is 1.21. The minimum Gasteiger partial charge on any atom is -0.489 e. The Bertz CT molecular complexity index is 996. The maximum Gasteiger partial charge on any atom is 0.257 e. The molecule has 2 aliphatic rings. The predicted molar refractivity (Wildman–Crippen MR) is 104 cm³/mol. The summed E-state index contributed by atoms with van der Waals surface area (Å²) in [6, 6.07) is 7.13. The number of halogens is 1. The van der Waals surface area contributed by atoms with Gasteiger partial charge in [-0.25, -0.2) is 9.97 Å². The zero-order valence-electron chi connectivity index (χ0n) is 16.2. The van der Waals surface area contributed by atoms with Gasteiger partial charge in [0.15, 0.2) is 0 Å². The van der Waals surface area contributed by atoms with Crippen molar-refractivity contribution >= 4 is 17.5 Å². The Hall–Kier alpha value is -2.65. The predicted octanol–water partition coefficient (Wildman–Crippen LogP) is 3.84. The van der Waals surface area contributed by atoms with Gasteiger partial charge in [-0.05, 0) is 12.1 Å². The molecule has 0 N–H and O–H groups in total. The molecule has 6 nitrogen and oxygen atoms in total. The number of hydrogen-bond acceptors (Lipinski definition) is 5. The van der Waals surface area contributed by atoms with Gasteiger partial charge in [0, 0.05) is 29.1 Å². The van der Waals surface area contributed by atoms with E-state index in [9.17, 15) is 4.79 Å². The Kier molecular flexibility index (Phi) is 4.13. The van der Waals surface area contributed by atoms with Crippen molar-refractivity contribution in [2.24, 2.45) is 10.8 Å². The van der Waals surface area contributed by atoms with E-state index in [2.05, 4.69) is 43.7 Å². The van der Waals surface area contributed by atoms with Gasteiger partial charge in [0.2, 0.25) is 0 Å². The van der Waals surface area contributed by atoms with Gasteiger partial charge in [0.1, 0.15) is 24.3 Å². The quantitative estimate of drug-likeness (QED) is 0.787. The number of nitrogens with zero attached hydrogens (tertiary/aromatic N) is 4. The summed E-state index contributed by atoms with van der Waals surface area (Å²) in [5.74, 6) is 0.595. The lowest BCUT2D eigenvalue weighted by Crippen LogP contribution is -2.74. The van der Waals surface area contributed by atoms with Crippen molar-refractivity contribution in [3.63, 3.8) is 0 Å². The minimum absolute atomic E-state index is 0.0134. The molecule has 28 heavy (non-hydrogen) atoms. The first-order chi connectivity index (χ1) is 13.2. The Morgan fingerprint density at radius 2 is 2.00 bits per heavy atom. The van der Waals surface area contributed by atoms with Crippen LogP contribution in [-0.4, -0.2) is 32.9 Å². The highest BCUT2D eigenvalue weighted by atomic mass is 35.5. The van der Waals surface area contributed by atoms with Crippen LogP contribution in [0.5, 0.6) is 5.75 Å². The maximum atomic E-state index is 12.9. The van der Waals surface area contributed by atoms with E-state index < -0.39 is 0 Å². The Balaban J connectivity index is 1.60. The maximum absolute atomic E-state index is 12.9. The summed E-state index contributed by atoms with van der Waals surface area (Å²) < 4.78 is 6.30. The highest BCUT2D eigenvalue weighted by Gasteiger charge is 2.67. The number of rotatable bonds is 3. The second-order valence-electron chi connectivity index (χ2n) is 8.61. The largest absolute Gasteiger partial charge is 0.489 e. The summed E-state index contributed by atoms with van der Waals surface area (Å²) in [5, 5.41) is 9.42. The number of carbonyl (C=O) groups excluding carboxylic acids is 1. The number of amides is 1. The van der Waals surface area contributed by atoms with Crippen LogP contribution in [0.25, 0.3) is 0 Å². The van der Waals surface area contributed by atoms with E-state index in [1.807, 2.05) is 4.90 Å². The molecule has 0 radical (unpaired) electrons. The van der Waals surface area contributed by atoms with Crippen LogP contribution in [0.3, 0.4) is 0 Å². The van der Waals surface area contributed by atoms with Gasteiger partial charge < -0.3 is 9.64 Å². The number of carbonyl (C=O) groups is 1. The van der Waals surface area contributed by atoms with E-state index >= 15 is 0 Å².